The van der Waals surface area contributed by atoms with Gasteiger partial charge in [0, 0.05) is 56.7 Å². The smallest absolute Gasteiger partial charge is 0.309 e. The fourth-order valence-corrected chi connectivity index (χ4v) is 3.82. The maximum atomic E-state index is 12.9. The number of aromatic nitrogens is 2. The van der Waals surface area contributed by atoms with Crippen molar-refractivity contribution in [3.05, 3.63) is 48.5 Å². The van der Waals surface area contributed by atoms with Gasteiger partial charge >= 0.3 is 5.97 Å². The van der Waals surface area contributed by atoms with Gasteiger partial charge in [-0.1, -0.05) is 6.07 Å². The number of piperidine rings is 1. The van der Waals surface area contributed by atoms with E-state index in [9.17, 15) is 19.2 Å². The zero-order chi connectivity index (χ0) is 24.5. The Morgan fingerprint density at radius 2 is 1.97 bits per heavy atom. The molecule has 0 unspecified atom stereocenters. The lowest BCUT2D eigenvalue weighted by molar-refractivity contribution is -0.151. The molecule has 1 aromatic heterocycles. The number of esters is 1. The Labute approximate surface area is 198 Å². The second-order valence-electron chi connectivity index (χ2n) is 8.25. The van der Waals surface area contributed by atoms with Crippen LogP contribution in [0, 0.1) is 5.92 Å². The highest BCUT2D eigenvalue weighted by Crippen LogP contribution is 2.19. The first-order chi connectivity index (χ1) is 16.4. The van der Waals surface area contributed by atoms with Crippen LogP contribution in [0.1, 0.15) is 36.5 Å². The van der Waals surface area contributed by atoms with Gasteiger partial charge in [0.15, 0.2) is 0 Å². The Kier molecular flexibility index (Phi) is 8.78. The number of likely N-dealkylation sites (tertiary alicyclic amines) is 1. The number of hydrogen-bond acceptors (Lipinski definition) is 6. The van der Waals surface area contributed by atoms with E-state index in [1.54, 1.807) is 61.9 Å². The van der Waals surface area contributed by atoms with Crippen molar-refractivity contribution in [1.29, 1.82) is 0 Å². The fraction of sp³-hybridized carbons (Fsp3) is 0.458. The molecule has 2 aromatic rings. The van der Waals surface area contributed by atoms with Gasteiger partial charge in [-0.05, 0) is 38.0 Å². The summed E-state index contributed by atoms with van der Waals surface area (Å²) in [4.78, 5) is 56.6. The van der Waals surface area contributed by atoms with Crippen LogP contribution >= 0.6 is 0 Å². The van der Waals surface area contributed by atoms with Crippen molar-refractivity contribution < 1.29 is 23.9 Å². The van der Waals surface area contributed by atoms with Crippen molar-refractivity contribution in [2.75, 3.05) is 38.6 Å². The van der Waals surface area contributed by atoms with Gasteiger partial charge in [0.25, 0.3) is 5.91 Å². The fourth-order valence-electron chi connectivity index (χ4n) is 3.82. The molecular formula is C24H31N5O5. The molecule has 1 saturated heterocycles. The molecule has 0 saturated carbocycles. The third-order valence-corrected chi connectivity index (χ3v) is 5.74. The number of nitrogens with one attached hydrogen (secondary N) is 1. The molecule has 0 atom stereocenters. The van der Waals surface area contributed by atoms with Crippen molar-refractivity contribution in [3.8, 4) is 0 Å². The number of ether oxygens (including phenoxy) is 1. The molecule has 1 fully saturated rings. The predicted molar refractivity (Wildman–Crippen MR) is 125 cm³/mol. The molecule has 10 heteroatoms. The first-order valence-corrected chi connectivity index (χ1v) is 11.4. The van der Waals surface area contributed by atoms with E-state index >= 15 is 0 Å². The van der Waals surface area contributed by atoms with Crippen LogP contribution in [0.2, 0.25) is 0 Å². The number of rotatable bonds is 9. The number of amides is 3. The Morgan fingerprint density at radius 3 is 2.65 bits per heavy atom. The van der Waals surface area contributed by atoms with Crippen LogP contribution in [0.3, 0.4) is 0 Å². The lowest BCUT2D eigenvalue weighted by Gasteiger charge is -2.32. The van der Waals surface area contributed by atoms with Gasteiger partial charge in [-0.15, -0.1) is 0 Å². The summed E-state index contributed by atoms with van der Waals surface area (Å²) in [6, 6.07) is 6.65. The molecule has 1 N–H and O–H groups in total. The van der Waals surface area contributed by atoms with Crippen LogP contribution in [0.25, 0.3) is 0 Å². The third kappa shape index (κ3) is 6.90. The molecule has 34 heavy (non-hydrogen) atoms. The molecule has 1 aliphatic rings. The van der Waals surface area contributed by atoms with E-state index < -0.39 is 0 Å². The lowest BCUT2D eigenvalue weighted by atomic mass is 9.97. The van der Waals surface area contributed by atoms with Crippen molar-refractivity contribution >= 4 is 29.4 Å². The molecule has 0 bridgehead atoms. The molecule has 0 aliphatic carbocycles. The van der Waals surface area contributed by atoms with Gasteiger partial charge in [-0.2, -0.15) is 0 Å². The summed E-state index contributed by atoms with van der Waals surface area (Å²) < 4.78 is 6.87. The summed E-state index contributed by atoms with van der Waals surface area (Å²) in [5.41, 5.74) is 0.894. The molecule has 2 heterocycles. The SMILES string of the molecule is CCOC(=O)C1CCN(C(=O)CN(C)C(=O)c2cccc(NC(=O)CCn3ccnc3)c2)CC1. The lowest BCUT2D eigenvalue weighted by Crippen LogP contribution is -2.45. The van der Waals surface area contributed by atoms with E-state index in [0.29, 0.717) is 50.3 Å². The molecule has 3 amide bonds. The number of carbonyl (C=O) groups excluding carboxylic acids is 4. The average molecular weight is 470 g/mol. The minimum Gasteiger partial charge on any atom is -0.466 e. The van der Waals surface area contributed by atoms with Gasteiger partial charge in [0.05, 0.1) is 25.4 Å². The Balaban J connectivity index is 1.48. The topological polar surface area (TPSA) is 114 Å². The highest BCUT2D eigenvalue weighted by atomic mass is 16.5. The van der Waals surface area contributed by atoms with Gasteiger partial charge < -0.3 is 24.4 Å². The standard InChI is InChI=1S/C24H31N5O5/c1-3-34-24(33)18-7-12-29(13-8-18)22(31)16-27(2)23(32)19-5-4-6-20(15-19)26-21(30)9-11-28-14-10-25-17-28/h4-6,10,14-15,17-18H,3,7-9,11-13,16H2,1-2H3,(H,26,30). The Bertz CT molecular complexity index is 999. The molecule has 0 radical (unpaired) electrons. The van der Waals surface area contributed by atoms with Crippen LogP contribution < -0.4 is 5.32 Å². The van der Waals surface area contributed by atoms with E-state index in [0.717, 1.165) is 0 Å². The van der Waals surface area contributed by atoms with E-state index in [4.69, 9.17) is 4.74 Å². The number of aryl methyl sites for hydroxylation is 1. The predicted octanol–water partition coefficient (Wildman–Crippen LogP) is 1.79. The third-order valence-electron chi connectivity index (χ3n) is 5.74. The molecular weight excluding hydrogens is 438 g/mol. The second kappa shape index (κ2) is 12.0. The maximum absolute atomic E-state index is 12.9. The van der Waals surface area contributed by atoms with Crippen LogP contribution in [0.5, 0.6) is 0 Å². The summed E-state index contributed by atoms with van der Waals surface area (Å²) in [5.74, 6) is -1.05. The molecule has 1 aliphatic heterocycles. The minimum absolute atomic E-state index is 0.0651. The number of carbonyl (C=O) groups is 4. The number of imidazole rings is 1. The maximum Gasteiger partial charge on any atom is 0.309 e. The summed E-state index contributed by atoms with van der Waals surface area (Å²) in [6.07, 6.45) is 6.48. The monoisotopic (exact) mass is 469 g/mol. The Hall–Kier alpha value is -3.69. The highest BCUT2D eigenvalue weighted by Gasteiger charge is 2.29. The van der Waals surface area contributed by atoms with Crippen molar-refractivity contribution in [3.63, 3.8) is 0 Å². The summed E-state index contributed by atoms with van der Waals surface area (Å²) in [5, 5.41) is 2.80. The van der Waals surface area contributed by atoms with Crippen LogP contribution in [0.4, 0.5) is 5.69 Å². The molecule has 182 valence electrons. The minimum atomic E-state index is -0.315. The van der Waals surface area contributed by atoms with Gasteiger partial charge in [-0.3, -0.25) is 19.2 Å². The zero-order valence-electron chi connectivity index (χ0n) is 19.6. The van der Waals surface area contributed by atoms with E-state index in [1.165, 1.54) is 4.90 Å². The van der Waals surface area contributed by atoms with Crippen LogP contribution in [-0.4, -0.2) is 76.3 Å². The summed E-state index contributed by atoms with van der Waals surface area (Å²) >= 11 is 0. The molecule has 10 nitrogen and oxygen atoms in total. The number of nitrogens with zero attached hydrogens (tertiary/aromatic N) is 4. The average Bonchev–Trinajstić information content (AvgIpc) is 3.36. The van der Waals surface area contributed by atoms with Crippen molar-refractivity contribution in [2.24, 2.45) is 5.92 Å². The number of likely N-dealkylation sites (N-methyl/N-ethyl adjacent to an activating group) is 1. The number of anilines is 1. The van der Waals surface area contributed by atoms with Crippen molar-refractivity contribution in [1.82, 2.24) is 19.4 Å². The van der Waals surface area contributed by atoms with E-state index in [1.807, 2.05) is 4.57 Å². The molecule has 1 aromatic carbocycles. The quantitative estimate of drug-likeness (QED) is 0.560. The zero-order valence-corrected chi connectivity index (χ0v) is 19.6. The van der Waals surface area contributed by atoms with Gasteiger partial charge in [0.2, 0.25) is 11.8 Å². The molecule has 3 rings (SSSR count). The first kappa shape index (κ1) is 24.9. The van der Waals surface area contributed by atoms with Gasteiger partial charge in [0.1, 0.15) is 0 Å². The van der Waals surface area contributed by atoms with Gasteiger partial charge in [-0.25, -0.2) is 4.98 Å². The summed E-state index contributed by atoms with van der Waals surface area (Å²) in [7, 11) is 1.57. The van der Waals surface area contributed by atoms with Crippen molar-refractivity contribution in [2.45, 2.75) is 32.7 Å². The van der Waals surface area contributed by atoms with Crippen LogP contribution in [-0.2, 0) is 25.7 Å². The van der Waals surface area contributed by atoms with E-state index in [-0.39, 0.29) is 42.6 Å². The first-order valence-electron chi connectivity index (χ1n) is 11.4. The van der Waals surface area contributed by atoms with Crippen LogP contribution in [0.15, 0.2) is 43.0 Å². The largest absolute Gasteiger partial charge is 0.466 e. The number of benzene rings is 1. The summed E-state index contributed by atoms with van der Waals surface area (Å²) in [6.45, 7) is 3.49. The highest BCUT2D eigenvalue weighted by molar-refractivity contribution is 5.98. The molecule has 0 spiro atoms. The normalized spacial score (nSPS) is 13.9. The number of hydrogen-bond donors (Lipinski definition) is 1. The Morgan fingerprint density at radius 1 is 1.21 bits per heavy atom. The van der Waals surface area contributed by atoms with E-state index in [2.05, 4.69) is 10.3 Å². The second-order valence-corrected chi connectivity index (χ2v) is 8.25.